The first-order valence-corrected chi connectivity index (χ1v) is 8.84. The molecule has 2 aliphatic rings. The van der Waals surface area contributed by atoms with Crippen molar-refractivity contribution in [1.29, 1.82) is 0 Å². The average molecular weight is 404 g/mol. The van der Waals surface area contributed by atoms with Crippen molar-refractivity contribution in [1.82, 2.24) is 10.6 Å². The van der Waals surface area contributed by atoms with E-state index in [1.807, 2.05) is 25.1 Å². The Morgan fingerprint density at radius 2 is 2.04 bits per heavy atom. The highest BCUT2D eigenvalue weighted by atomic mass is 79.9. The Morgan fingerprint density at radius 3 is 2.70 bits per heavy atom. The summed E-state index contributed by atoms with van der Waals surface area (Å²) in [6.07, 6.45) is 5.03. The smallest absolute Gasteiger partial charge is 0.223 e. The van der Waals surface area contributed by atoms with Gasteiger partial charge in [-0.15, -0.1) is 12.4 Å². The third-order valence-corrected chi connectivity index (χ3v) is 5.13. The van der Waals surface area contributed by atoms with Crippen LogP contribution in [-0.2, 0) is 4.79 Å². The fourth-order valence-electron chi connectivity index (χ4n) is 3.45. The van der Waals surface area contributed by atoms with Gasteiger partial charge in [-0.3, -0.25) is 4.79 Å². The molecule has 0 radical (unpaired) electrons. The van der Waals surface area contributed by atoms with Gasteiger partial charge in [0.25, 0.3) is 0 Å². The van der Waals surface area contributed by atoms with E-state index in [4.69, 9.17) is 4.74 Å². The lowest BCUT2D eigenvalue weighted by atomic mass is 10.00. The summed E-state index contributed by atoms with van der Waals surface area (Å²) in [5.74, 6) is 0.882. The molecule has 2 N–H and O–H groups in total. The summed E-state index contributed by atoms with van der Waals surface area (Å²) < 4.78 is 6.62. The summed E-state index contributed by atoms with van der Waals surface area (Å²) in [5, 5.41) is 6.75. The van der Waals surface area contributed by atoms with Gasteiger partial charge < -0.3 is 15.4 Å². The van der Waals surface area contributed by atoms with Crippen LogP contribution in [0.5, 0.6) is 5.75 Å². The lowest BCUT2D eigenvalue weighted by Gasteiger charge is -2.29. The van der Waals surface area contributed by atoms with Crippen LogP contribution in [0.15, 0.2) is 22.7 Å². The van der Waals surface area contributed by atoms with Gasteiger partial charge in [-0.2, -0.15) is 0 Å². The minimum Gasteiger partial charge on any atom is -0.492 e. The van der Waals surface area contributed by atoms with Gasteiger partial charge in [0, 0.05) is 18.1 Å². The minimum absolute atomic E-state index is 0. The Kier molecular flexibility index (Phi) is 6.74. The van der Waals surface area contributed by atoms with Crippen LogP contribution in [0.2, 0.25) is 0 Å². The van der Waals surface area contributed by atoms with E-state index in [1.54, 1.807) is 0 Å². The van der Waals surface area contributed by atoms with Gasteiger partial charge in [-0.05, 0) is 66.2 Å². The molecule has 2 saturated heterocycles. The summed E-state index contributed by atoms with van der Waals surface area (Å²) in [5.41, 5.74) is 1.18. The highest BCUT2D eigenvalue weighted by Gasteiger charge is 2.33. The molecule has 2 aliphatic heterocycles. The second-order valence-electron chi connectivity index (χ2n) is 6.41. The molecule has 2 bridgehead atoms. The highest BCUT2D eigenvalue weighted by molar-refractivity contribution is 9.10. The molecule has 0 saturated carbocycles. The van der Waals surface area contributed by atoms with Gasteiger partial charge in [0.1, 0.15) is 5.75 Å². The van der Waals surface area contributed by atoms with Crippen molar-refractivity contribution >= 4 is 34.2 Å². The van der Waals surface area contributed by atoms with Crippen LogP contribution < -0.4 is 15.4 Å². The van der Waals surface area contributed by atoms with Crippen molar-refractivity contribution in [2.45, 2.75) is 57.2 Å². The summed E-state index contributed by atoms with van der Waals surface area (Å²) in [6, 6.07) is 7.48. The molecule has 23 heavy (non-hydrogen) atoms. The number of hydrogen-bond donors (Lipinski definition) is 2. The maximum atomic E-state index is 12.1. The first-order valence-electron chi connectivity index (χ1n) is 8.04. The van der Waals surface area contributed by atoms with Gasteiger partial charge in [0.15, 0.2) is 0 Å². The molecule has 2 atom stereocenters. The van der Waals surface area contributed by atoms with E-state index in [0.717, 1.165) is 23.1 Å². The monoisotopic (exact) mass is 402 g/mol. The molecule has 0 aliphatic carbocycles. The van der Waals surface area contributed by atoms with Crippen molar-refractivity contribution in [3.8, 4) is 5.75 Å². The van der Waals surface area contributed by atoms with Gasteiger partial charge in [0.2, 0.25) is 5.91 Å². The van der Waals surface area contributed by atoms with Crippen molar-refractivity contribution < 1.29 is 9.53 Å². The number of ether oxygens (including phenoxy) is 1. The van der Waals surface area contributed by atoms with Crippen LogP contribution in [0, 0.1) is 6.92 Å². The summed E-state index contributed by atoms with van der Waals surface area (Å²) >= 11 is 3.48. The van der Waals surface area contributed by atoms with Crippen molar-refractivity contribution in [3.05, 3.63) is 28.2 Å². The van der Waals surface area contributed by atoms with Gasteiger partial charge in [0.05, 0.1) is 17.5 Å². The molecule has 0 spiro atoms. The number of amides is 1. The zero-order valence-corrected chi connectivity index (χ0v) is 15.7. The SMILES string of the molecule is Cc1ccc(OCCC(=O)NC2CC3CCC(C2)N3)c(Br)c1.Cl. The van der Waals surface area contributed by atoms with Crippen LogP contribution in [0.3, 0.4) is 0 Å². The molecule has 4 nitrogen and oxygen atoms in total. The Labute approximate surface area is 152 Å². The van der Waals surface area contributed by atoms with E-state index in [1.165, 1.54) is 18.4 Å². The van der Waals surface area contributed by atoms with Gasteiger partial charge in [-0.1, -0.05) is 6.07 Å². The maximum Gasteiger partial charge on any atom is 0.223 e. The standard InChI is InChI=1S/C17H23BrN2O2.ClH/c1-11-2-5-16(15(18)8-11)22-7-6-17(21)20-14-9-12-3-4-13(10-14)19-12;/h2,5,8,12-14,19H,3-4,6-7,9-10H2,1H3,(H,20,21);1H. The number of benzene rings is 1. The Morgan fingerprint density at radius 1 is 1.35 bits per heavy atom. The minimum atomic E-state index is 0. The van der Waals surface area contributed by atoms with E-state index in [2.05, 4.69) is 26.6 Å². The molecule has 2 fully saturated rings. The Bertz CT molecular complexity index is 543. The number of carbonyl (C=O) groups excluding carboxylic acids is 1. The number of halogens is 2. The Hall–Kier alpha value is -0.780. The molecule has 128 valence electrons. The third-order valence-electron chi connectivity index (χ3n) is 4.51. The molecule has 6 heteroatoms. The highest BCUT2D eigenvalue weighted by Crippen LogP contribution is 2.27. The zero-order valence-electron chi connectivity index (χ0n) is 13.3. The third kappa shape index (κ3) is 5.10. The first kappa shape index (κ1) is 18.6. The molecule has 0 aromatic heterocycles. The van der Waals surface area contributed by atoms with Crippen LogP contribution in [0.4, 0.5) is 0 Å². The topological polar surface area (TPSA) is 50.4 Å². The van der Waals surface area contributed by atoms with E-state index >= 15 is 0 Å². The predicted molar refractivity (Wildman–Crippen MR) is 97.3 cm³/mol. The molecule has 2 unspecified atom stereocenters. The fourth-order valence-corrected chi connectivity index (χ4v) is 4.06. The van der Waals surface area contributed by atoms with Crippen LogP contribution in [0.1, 0.15) is 37.7 Å². The largest absolute Gasteiger partial charge is 0.492 e. The fraction of sp³-hybridized carbons (Fsp3) is 0.588. The lowest BCUT2D eigenvalue weighted by Crippen LogP contribution is -2.48. The van der Waals surface area contributed by atoms with E-state index in [9.17, 15) is 4.79 Å². The molecule has 1 amide bonds. The first-order chi connectivity index (χ1) is 10.6. The predicted octanol–water partition coefficient (Wildman–Crippen LogP) is 3.35. The van der Waals surface area contributed by atoms with Gasteiger partial charge >= 0.3 is 0 Å². The van der Waals surface area contributed by atoms with Crippen molar-refractivity contribution in [3.63, 3.8) is 0 Å². The second kappa shape index (κ2) is 8.36. The van der Waals surface area contributed by atoms with E-state index < -0.39 is 0 Å². The number of aryl methyl sites for hydroxylation is 1. The number of piperidine rings is 1. The average Bonchev–Trinajstić information content (AvgIpc) is 2.80. The molecular formula is C17H24BrClN2O2. The molecule has 3 rings (SSSR count). The summed E-state index contributed by atoms with van der Waals surface area (Å²) in [6.45, 7) is 2.44. The molecule has 1 aromatic carbocycles. The molecule has 1 aromatic rings. The summed E-state index contributed by atoms with van der Waals surface area (Å²) in [7, 11) is 0. The van der Waals surface area contributed by atoms with E-state index in [0.29, 0.717) is 31.2 Å². The van der Waals surface area contributed by atoms with E-state index in [-0.39, 0.29) is 18.3 Å². The van der Waals surface area contributed by atoms with Crippen molar-refractivity contribution in [2.24, 2.45) is 0 Å². The number of rotatable bonds is 5. The quantitative estimate of drug-likeness (QED) is 0.793. The number of nitrogens with one attached hydrogen (secondary N) is 2. The normalized spacial score (nSPS) is 25.6. The molecular weight excluding hydrogens is 380 g/mol. The zero-order chi connectivity index (χ0) is 15.5. The van der Waals surface area contributed by atoms with Gasteiger partial charge in [-0.25, -0.2) is 0 Å². The number of carbonyl (C=O) groups is 1. The van der Waals surface area contributed by atoms with Crippen LogP contribution in [0.25, 0.3) is 0 Å². The van der Waals surface area contributed by atoms with Crippen LogP contribution >= 0.6 is 28.3 Å². The number of hydrogen-bond acceptors (Lipinski definition) is 3. The lowest BCUT2D eigenvalue weighted by molar-refractivity contribution is -0.122. The van der Waals surface area contributed by atoms with Crippen molar-refractivity contribution in [2.75, 3.05) is 6.61 Å². The second-order valence-corrected chi connectivity index (χ2v) is 7.26. The summed E-state index contributed by atoms with van der Waals surface area (Å²) in [4.78, 5) is 12.1. The van der Waals surface area contributed by atoms with Crippen LogP contribution in [-0.4, -0.2) is 30.6 Å². The number of fused-ring (bicyclic) bond motifs is 2. The maximum absolute atomic E-state index is 12.1. The Balaban J connectivity index is 0.00000192. The molecule has 2 heterocycles.